The third kappa shape index (κ3) is 3.29. The Hall–Kier alpha value is -1.95. The molecule has 1 amide bonds. The fourth-order valence-corrected chi connectivity index (χ4v) is 2.34. The first-order valence-electron chi connectivity index (χ1n) is 6.26. The highest BCUT2D eigenvalue weighted by Gasteiger charge is 2.28. The monoisotopic (exact) mass is 263 g/mol. The van der Waals surface area contributed by atoms with E-state index in [-0.39, 0.29) is 18.2 Å². The number of carbonyl (C=O) groups is 2. The molecule has 0 aliphatic carbocycles. The molecular formula is C13H17N3O3. The molecule has 0 radical (unpaired) electrons. The highest BCUT2D eigenvalue weighted by atomic mass is 16.4. The van der Waals surface area contributed by atoms with Crippen LogP contribution in [-0.4, -0.2) is 40.0 Å². The Morgan fingerprint density at radius 2 is 2.32 bits per heavy atom. The van der Waals surface area contributed by atoms with Crippen LogP contribution in [0.1, 0.15) is 28.9 Å². The highest BCUT2D eigenvalue weighted by Crippen LogP contribution is 2.21. The van der Waals surface area contributed by atoms with E-state index in [1.807, 2.05) is 0 Å². The van der Waals surface area contributed by atoms with Gasteiger partial charge in [0.1, 0.15) is 0 Å². The normalized spacial score (nSPS) is 18.6. The number of nitrogens with two attached hydrogens (primary N) is 1. The predicted octanol–water partition coefficient (Wildman–Crippen LogP) is 0.477. The van der Waals surface area contributed by atoms with Crippen molar-refractivity contribution in [1.82, 2.24) is 9.88 Å². The Kier molecular flexibility index (Phi) is 4.11. The summed E-state index contributed by atoms with van der Waals surface area (Å²) in [5, 5.41) is 8.76. The number of carboxylic acids is 1. The van der Waals surface area contributed by atoms with Gasteiger partial charge in [-0.1, -0.05) is 0 Å². The largest absolute Gasteiger partial charge is 0.481 e. The lowest BCUT2D eigenvalue weighted by Gasteiger charge is -2.16. The van der Waals surface area contributed by atoms with Gasteiger partial charge in [-0.25, -0.2) is 0 Å². The van der Waals surface area contributed by atoms with Crippen molar-refractivity contribution in [3.8, 4) is 0 Å². The lowest BCUT2D eigenvalue weighted by atomic mass is 10.1. The molecular weight excluding hydrogens is 246 g/mol. The van der Waals surface area contributed by atoms with Crippen molar-refractivity contribution in [2.24, 2.45) is 11.7 Å². The van der Waals surface area contributed by atoms with Gasteiger partial charge in [0.25, 0.3) is 5.91 Å². The van der Waals surface area contributed by atoms with Gasteiger partial charge >= 0.3 is 5.97 Å². The molecule has 1 aliphatic heterocycles. The van der Waals surface area contributed by atoms with Gasteiger partial charge < -0.3 is 15.7 Å². The molecule has 0 saturated carbocycles. The molecule has 1 fully saturated rings. The van der Waals surface area contributed by atoms with Crippen LogP contribution in [0.15, 0.2) is 18.3 Å². The molecule has 1 aromatic heterocycles. The summed E-state index contributed by atoms with van der Waals surface area (Å²) >= 11 is 0. The van der Waals surface area contributed by atoms with Crippen LogP contribution in [0.25, 0.3) is 0 Å². The van der Waals surface area contributed by atoms with Crippen LogP contribution in [0.5, 0.6) is 0 Å². The molecule has 2 heterocycles. The topological polar surface area (TPSA) is 96.5 Å². The number of carboxylic acid groups (broad SMARTS) is 1. The maximum absolute atomic E-state index is 12.3. The summed E-state index contributed by atoms with van der Waals surface area (Å²) in [6.45, 7) is 1.41. The van der Waals surface area contributed by atoms with Gasteiger partial charge in [0.05, 0.1) is 5.69 Å². The standard InChI is InChI=1S/C13H17N3O3/c14-7-11-6-10(1-3-15-11)13(19)16-4-2-9(8-16)5-12(17)18/h1,3,6,9H,2,4-5,7-8,14H2,(H,17,18). The van der Waals surface area contributed by atoms with Crippen molar-refractivity contribution in [1.29, 1.82) is 0 Å². The lowest BCUT2D eigenvalue weighted by molar-refractivity contribution is -0.138. The summed E-state index contributed by atoms with van der Waals surface area (Å²) < 4.78 is 0. The van der Waals surface area contributed by atoms with Crippen molar-refractivity contribution in [2.45, 2.75) is 19.4 Å². The van der Waals surface area contributed by atoms with E-state index in [2.05, 4.69) is 4.98 Å². The molecule has 0 spiro atoms. The average molecular weight is 263 g/mol. The van der Waals surface area contributed by atoms with Gasteiger partial charge in [-0.3, -0.25) is 14.6 Å². The van der Waals surface area contributed by atoms with E-state index in [0.29, 0.717) is 30.9 Å². The number of pyridine rings is 1. The van der Waals surface area contributed by atoms with E-state index in [4.69, 9.17) is 10.8 Å². The molecule has 3 N–H and O–H groups in total. The Morgan fingerprint density at radius 3 is 3.00 bits per heavy atom. The van der Waals surface area contributed by atoms with E-state index in [1.165, 1.54) is 0 Å². The van der Waals surface area contributed by atoms with E-state index < -0.39 is 5.97 Å². The van der Waals surface area contributed by atoms with Gasteiger partial charge in [-0.2, -0.15) is 0 Å². The van der Waals surface area contributed by atoms with Crippen LogP contribution in [0.2, 0.25) is 0 Å². The number of nitrogens with zero attached hydrogens (tertiary/aromatic N) is 2. The molecule has 1 unspecified atom stereocenters. The quantitative estimate of drug-likeness (QED) is 0.823. The average Bonchev–Trinajstić information content (AvgIpc) is 2.85. The Bertz CT molecular complexity index is 490. The third-order valence-corrected chi connectivity index (χ3v) is 3.31. The van der Waals surface area contributed by atoms with Crippen LogP contribution in [0, 0.1) is 5.92 Å². The number of amides is 1. The first-order valence-corrected chi connectivity index (χ1v) is 6.26. The molecule has 0 bridgehead atoms. The number of hydrogen-bond acceptors (Lipinski definition) is 4. The second-order valence-corrected chi connectivity index (χ2v) is 4.74. The minimum atomic E-state index is -0.811. The maximum Gasteiger partial charge on any atom is 0.303 e. The Labute approximate surface area is 111 Å². The van der Waals surface area contributed by atoms with Crippen molar-refractivity contribution in [3.63, 3.8) is 0 Å². The van der Waals surface area contributed by atoms with Gasteiger partial charge in [0, 0.05) is 37.8 Å². The zero-order chi connectivity index (χ0) is 13.8. The van der Waals surface area contributed by atoms with Crippen LogP contribution < -0.4 is 5.73 Å². The number of carbonyl (C=O) groups excluding carboxylic acids is 1. The summed E-state index contributed by atoms with van der Waals surface area (Å²) in [5.41, 5.74) is 6.73. The number of rotatable bonds is 4. The molecule has 1 atom stereocenters. The van der Waals surface area contributed by atoms with Crippen LogP contribution in [0.3, 0.4) is 0 Å². The summed E-state index contributed by atoms with van der Waals surface area (Å²) in [6, 6.07) is 3.35. The minimum Gasteiger partial charge on any atom is -0.481 e. The number of likely N-dealkylation sites (tertiary alicyclic amines) is 1. The van der Waals surface area contributed by atoms with E-state index in [0.717, 1.165) is 6.42 Å². The zero-order valence-corrected chi connectivity index (χ0v) is 10.6. The van der Waals surface area contributed by atoms with Gasteiger partial charge in [0.15, 0.2) is 0 Å². The van der Waals surface area contributed by atoms with Crippen LogP contribution >= 0.6 is 0 Å². The van der Waals surface area contributed by atoms with E-state index >= 15 is 0 Å². The third-order valence-electron chi connectivity index (χ3n) is 3.31. The first kappa shape index (κ1) is 13.5. The molecule has 1 aliphatic rings. The molecule has 6 heteroatoms. The van der Waals surface area contributed by atoms with Gasteiger partial charge in [0.2, 0.25) is 0 Å². The van der Waals surface area contributed by atoms with Crippen molar-refractivity contribution in [3.05, 3.63) is 29.6 Å². The van der Waals surface area contributed by atoms with E-state index in [9.17, 15) is 9.59 Å². The van der Waals surface area contributed by atoms with Gasteiger partial charge in [-0.05, 0) is 24.5 Å². The second-order valence-electron chi connectivity index (χ2n) is 4.74. The summed E-state index contributed by atoms with van der Waals surface area (Å²) in [6.07, 6.45) is 2.43. The number of aliphatic carboxylic acids is 1. The summed E-state index contributed by atoms with van der Waals surface area (Å²) in [7, 11) is 0. The first-order chi connectivity index (χ1) is 9.10. The van der Waals surface area contributed by atoms with E-state index in [1.54, 1.807) is 23.2 Å². The van der Waals surface area contributed by atoms with Crippen LogP contribution in [0.4, 0.5) is 0 Å². The van der Waals surface area contributed by atoms with Crippen molar-refractivity contribution < 1.29 is 14.7 Å². The zero-order valence-electron chi connectivity index (χ0n) is 10.6. The van der Waals surface area contributed by atoms with Gasteiger partial charge in [-0.15, -0.1) is 0 Å². The van der Waals surface area contributed by atoms with Crippen molar-refractivity contribution in [2.75, 3.05) is 13.1 Å². The molecule has 0 aromatic carbocycles. The Morgan fingerprint density at radius 1 is 1.53 bits per heavy atom. The molecule has 6 nitrogen and oxygen atoms in total. The maximum atomic E-state index is 12.3. The molecule has 2 rings (SSSR count). The molecule has 1 saturated heterocycles. The van der Waals surface area contributed by atoms with Crippen LogP contribution in [-0.2, 0) is 11.3 Å². The second kappa shape index (κ2) is 5.79. The minimum absolute atomic E-state index is 0.0530. The lowest BCUT2D eigenvalue weighted by Crippen LogP contribution is -2.29. The molecule has 102 valence electrons. The summed E-state index contributed by atoms with van der Waals surface area (Å²) in [5.74, 6) is -0.837. The highest BCUT2D eigenvalue weighted by molar-refractivity contribution is 5.94. The number of aromatic nitrogens is 1. The molecule has 19 heavy (non-hydrogen) atoms. The Balaban J connectivity index is 2.02. The van der Waals surface area contributed by atoms with Crippen molar-refractivity contribution >= 4 is 11.9 Å². The fourth-order valence-electron chi connectivity index (χ4n) is 2.34. The molecule has 1 aromatic rings. The predicted molar refractivity (Wildman–Crippen MR) is 68.4 cm³/mol. The summed E-state index contributed by atoms with van der Waals surface area (Å²) in [4.78, 5) is 28.7. The smallest absolute Gasteiger partial charge is 0.303 e. The fraction of sp³-hybridized carbons (Fsp3) is 0.462. The SMILES string of the molecule is NCc1cc(C(=O)N2CCC(CC(=O)O)C2)ccn1. The number of hydrogen-bond donors (Lipinski definition) is 2.